The second kappa shape index (κ2) is 7.85. The highest BCUT2D eigenvalue weighted by Gasteiger charge is 2.37. The molecule has 1 aromatic heterocycles. The maximum Gasteiger partial charge on any atom is 0.228 e. The standard InChI is InChI=1S/C19H23N3OS.ClH/c1-2-13-3-5-14(6-4-13)19-21-17(12-24-19)7-18(23)22-10-15-8-20-9-16(15)11-22;/h3-6,12,15-16,20H,2,7-11H2,1H3;1H/t15-,16+;. The van der Waals surface area contributed by atoms with Gasteiger partial charge in [0.2, 0.25) is 5.91 Å². The van der Waals surface area contributed by atoms with E-state index in [4.69, 9.17) is 0 Å². The summed E-state index contributed by atoms with van der Waals surface area (Å²) in [6, 6.07) is 8.55. The predicted molar refractivity (Wildman–Crippen MR) is 104 cm³/mol. The lowest BCUT2D eigenvalue weighted by atomic mass is 10.0. The van der Waals surface area contributed by atoms with Crippen molar-refractivity contribution in [3.8, 4) is 10.6 Å². The summed E-state index contributed by atoms with van der Waals surface area (Å²) < 4.78 is 0. The van der Waals surface area contributed by atoms with Crippen molar-refractivity contribution in [3.05, 3.63) is 40.9 Å². The van der Waals surface area contributed by atoms with Crippen molar-refractivity contribution >= 4 is 29.7 Å². The van der Waals surface area contributed by atoms with Crippen molar-refractivity contribution in [3.63, 3.8) is 0 Å². The van der Waals surface area contributed by atoms with Gasteiger partial charge in [-0.1, -0.05) is 31.2 Å². The van der Waals surface area contributed by atoms with E-state index in [1.54, 1.807) is 11.3 Å². The van der Waals surface area contributed by atoms with Crippen molar-refractivity contribution in [1.82, 2.24) is 15.2 Å². The molecule has 0 aliphatic carbocycles. The summed E-state index contributed by atoms with van der Waals surface area (Å²) in [6.07, 6.45) is 1.47. The van der Waals surface area contributed by atoms with Crippen LogP contribution in [-0.4, -0.2) is 42.0 Å². The number of nitrogens with zero attached hydrogens (tertiary/aromatic N) is 2. The van der Waals surface area contributed by atoms with E-state index in [0.29, 0.717) is 18.3 Å². The number of hydrogen-bond donors (Lipinski definition) is 1. The lowest BCUT2D eigenvalue weighted by molar-refractivity contribution is -0.129. The number of benzene rings is 1. The Morgan fingerprint density at radius 1 is 1.24 bits per heavy atom. The number of thiazole rings is 1. The van der Waals surface area contributed by atoms with Crippen LogP contribution in [0.25, 0.3) is 10.6 Å². The second-order valence-corrected chi connectivity index (χ2v) is 7.71. The topological polar surface area (TPSA) is 45.2 Å². The first kappa shape index (κ1) is 18.4. The van der Waals surface area contributed by atoms with Gasteiger partial charge in [-0.05, 0) is 23.8 Å². The highest BCUT2D eigenvalue weighted by atomic mass is 35.5. The molecule has 2 aliphatic heterocycles. The third-order valence-electron chi connectivity index (χ3n) is 5.24. The quantitative estimate of drug-likeness (QED) is 0.890. The predicted octanol–water partition coefficient (Wildman–Crippen LogP) is 3.01. The van der Waals surface area contributed by atoms with E-state index in [-0.39, 0.29) is 18.3 Å². The highest BCUT2D eigenvalue weighted by Crippen LogP contribution is 2.28. The van der Waals surface area contributed by atoms with Crippen molar-refractivity contribution in [2.24, 2.45) is 11.8 Å². The van der Waals surface area contributed by atoms with E-state index < -0.39 is 0 Å². The number of likely N-dealkylation sites (tertiary alicyclic amines) is 1. The average molecular weight is 378 g/mol. The lowest BCUT2D eigenvalue weighted by Crippen LogP contribution is -2.33. The number of fused-ring (bicyclic) bond motifs is 1. The molecule has 2 aromatic rings. The molecule has 4 rings (SSSR count). The third kappa shape index (κ3) is 3.89. The fourth-order valence-electron chi connectivity index (χ4n) is 3.73. The van der Waals surface area contributed by atoms with Gasteiger partial charge in [0.15, 0.2) is 0 Å². The first-order valence-electron chi connectivity index (χ1n) is 8.75. The van der Waals surface area contributed by atoms with Crippen LogP contribution in [0.3, 0.4) is 0 Å². The van der Waals surface area contributed by atoms with Crippen LogP contribution < -0.4 is 5.32 Å². The zero-order chi connectivity index (χ0) is 16.5. The van der Waals surface area contributed by atoms with Crippen molar-refractivity contribution < 1.29 is 4.79 Å². The van der Waals surface area contributed by atoms with E-state index in [2.05, 4.69) is 41.5 Å². The molecule has 2 saturated heterocycles. The smallest absolute Gasteiger partial charge is 0.228 e. The monoisotopic (exact) mass is 377 g/mol. The van der Waals surface area contributed by atoms with Crippen LogP contribution in [0.2, 0.25) is 0 Å². The molecule has 25 heavy (non-hydrogen) atoms. The average Bonchev–Trinajstić information content (AvgIpc) is 3.30. The van der Waals surface area contributed by atoms with Gasteiger partial charge in [-0.15, -0.1) is 23.7 Å². The van der Waals surface area contributed by atoms with Gasteiger partial charge >= 0.3 is 0 Å². The Morgan fingerprint density at radius 2 is 1.92 bits per heavy atom. The number of halogens is 1. The van der Waals surface area contributed by atoms with Crippen molar-refractivity contribution in [2.75, 3.05) is 26.2 Å². The fraction of sp³-hybridized carbons (Fsp3) is 0.474. The number of nitrogens with one attached hydrogen (secondary N) is 1. The Bertz CT molecular complexity index is 719. The molecule has 4 nitrogen and oxygen atoms in total. The summed E-state index contributed by atoms with van der Waals surface area (Å²) in [5.41, 5.74) is 3.37. The number of amides is 1. The second-order valence-electron chi connectivity index (χ2n) is 6.85. The van der Waals surface area contributed by atoms with Crippen LogP contribution in [0.4, 0.5) is 0 Å². The van der Waals surface area contributed by atoms with E-state index >= 15 is 0 Å². The minimum atomic E-state index is 0. The van der Waals surface area contributed by atoms with Crippen LogP contribution in [0.15, 0.2) is 29.6 Å². The Labute approximate surface area is 159 Å². The number of aromatic nitrogens is 1. The van der Waals surface area contributed by atoms with Crippen molar-refractivity contribution in [1.29, 1.82) is 0 Å². The van der Waals surface area contributed by atoms with Crippen LogP contribution in [0.5, 0.6) is 0 Å². The molecule has 3 heterocycles. The molecule has 2 fully saturated rings. The lowest BCUT2D eigenvalue weighted by Gasteiger charge is -2.16. The molecule has 0 radical (unpaired) electrons. The highest BCUT2D eigenvalue weighted by molar-refractivity contribution is 7.13. The maximum atomic E-state index is 12.5. The van der Waals surface area contributed by atoms with E-state index in [9.17, 15) is 4.79 Å². The van der Waals surface area contributed by atoms with Gasteiger partial charge in [-0.3, -0.25) is 4.79 Å². The van der Waals surface area contributed by atoms with Gasteiger partial charge in [-0.25, -0.2) is 4.98 Å². The van der Waals surface area contributed by atoms with Gasteiger partial charge < -0.3 is 10.2 Å². The molecule has 6 heteroatoms. The number of carbonyl (C=O) groups excluding carboxylic acids is 1. The van der Waals surface area contributed by atoms with Gasteiger partial charge in [0.05, 0.1) is 12.1 Å². The van der Waals surface area contributed by atoms with Crippen LogP contribution in [-0.2, 0) is 17.6 Å². The maximum absolute atomic E-state index is 12.5. The van der Waals surface area contributed by atoms with Gasteiger partial charge in [0, 0.05) is 37.1 Å². The fourth-order valence-corrected chi connectivity index (χ4v) is 4.56. The van der Waals surface area contributed by atoms with Gasteiger partial charge in [-0.2, -0.15) is 0 Å². The largest absolute Gasteiger partial charge is 0.342 e. The zero-order valence-corrected chi connectivity index (χ0v) is 16.0. The minimum Gasteiger partial charge on any atom is -0.342 e. The van der Waals surface area contributed by atoms with Crippen LogP contribution in [0.1, 0.15) is 18.2 Å². The molecule has 0 saturated carbocycles. The summed E-state index contributed by atoms with van der Waals surface area (Å²) in [5, 5.41) is 6.44. The summed E-state index contributed by atoms with van der Waals surface area (Å²) in [5.74, 6) is 1.52. The molecule has 1 aromatic carbocycles. The molecule has 2 aliphatic rings. The third-order valence-corrected chi connectivity index (χ3v) is 6.18. The van der Waals surface area contributed by atoms with E-state index in [1.807, 2.05) is 10.3 Å². The summed E-state index contributed by atoms with van der Waals surface area (Å²) in [7, 11) is 0. The molecule has 0 spiro atoms. The molecule has 134 valence electrons. The number of rotatable bonds is 4. The summed E-state index contributed by atoms with van der Waals surface area (Å²) in [4.78, 5) is 19.3. The molecular weight excluding hydrogens is 354 g/mol. The summed E-state index contributed by atoms with van der Waals surface area (Å²) in [6.45, 7) is 6.09. The number of aryl methyl sites for hydroxylation is 1. The molecule has 0 unspecified atom stereocenters. The first-order valence-corrected chi connectivity index (χ1v) is 9.63. The number of hydrogen-bond acceptors (Lipinski definition) is 4. The number of carbonyl (C=O) groups is 1. The van der Waals surface area contributed by atoms with Gasteiger partial charge in [0.1, 0.15) is 5.01 Å². The minimum absolute atomic E-state index is 0. The molecule has 1 amide bonds. The van der Waals surface area contributed by atoms with Gasteiger partial charge in [0.25, 0.3) is 0 Å². The molecule has 2 atom stereocenters. The molecular formula is C19H24ClN3OS. The Hall–Kier alpha value is -1.43. The van der Waals surface area contributed by atoms with E-state index in [1.165, 1.54) is 5.56 Å². The Kier molecular flexibility index (Phi) is 5.77. The van der Waals surface area contributed by atoms with E-state index in [0.717, 1.165) is 48.9 Å². The summed E-state index contributed by atoms with van der Waals surface area (Å²) >= 11 is 1.63. The van der Waals surface area contributed by atoms with Crippen molar-refractivity contribution in [2.45, 2.75) is 19.8 Å². The SMILES string of the molecule is CCc1ccc(-c2nc(CC(=O)N3C[C@H]4CNC[C@H]4C3)cs2)cc1.Cl. The van der Waals surface area contributed by atoms with Crippen LogP contribution in [0, 0.1) is 11.8 Å². The zero-order valence-electron chi connectivity index (χ0n) is 14.4. The van der Waals surface area contributed by atoms with Crippen LogP contribution >= 0.6 is 23.7 Å². The first-order chi connectivity index (χ1) is 11.7. The Morgan fingerprint density at radius 3 is 2.56 bits per heavy atom. The molecule has 0 bridgehead atoms. The normalized spacial score (nSPS) is 21.9. The Balaban J connectivity index is 0.00000182. The molecule has 1 N–H and O–H groups in total.